The number of carbonyl (C=O) groups excluding carboxylic acids is 1. The zero-order valence-electron chi connectivity index (χ0n) is 17.9. The van der Waals surface area contributed by atoms with Gasteiger partial charge in [0, 0.05) is 30.0 Å². The molecule has 0 aliphatic heterocycles. The lowest BCUT2D eigenvalue weighted by molar-refractivity contribution is -0.462. The smallest absolute Gasteiger partial charge is 0.227 e. The Morgan fingerprint density at radius 2 is 2.07 bits per heavy atom. The Morgan fingerprint density at radius 3 is 2.80 bits per heavy atom. The van der Waals surface area contributed by atoms with Gasteiger partial charge >= 0.3 is 0 Å². The van der Waals surface area contributed by atoms with Gasteiger partial charge in [0.1, 0.15) is 37.3 Å². The number of carbonyl (C=O) groups is 1. The number of aryl methyl sites for hydroxylation is 1. The van der Waals surface area contributed by atoms with Crippen LogP contribution in [0.2, 0.25) is 0 Å². The first-order chi connectivity index (χ1) is 14.6. The number of anilines is 1. The molecule has 2 aromatic heterocycles. The lowest BCUT2D eigenvalue weighted by atomic mass is 9.86. The summed E-state index contributed by atoms with van der Waals surface area (Å²) in [6.45, 7) is 0.603. The van der Waals surface area contributed by atoms with E-state index in [0.717, 1.165) is 47.3 Å². The standard InChI is InChI=1S/C22H31N5O2S/c1-27(2)12-14-4-6-15(7-5-14)26-20-19-18-16(21(29)23-10-3-11-28)8-9-17(18)30-22(19)25-13-24-20/h12-16,28H,3-11H2,1-2H3,(H-,23,24,25,26,29)/p+1. The third-order valence-corrected chi connectivity index (χ3v) is 7.36. The van der Waals surface area contributed by atoms with Crippen molar-refractivity contribution in [2.75, 3.05) is 32.6 Å². The number of aromatic nitrogens is 2. The second-order valence-electron chi connectivity index (χ2n) is 8.67. The van der Waals surface area contributed by atoms with Crippen LogP contribution in [0.1, 0.15) is 54.9 Å². The highest BCUT2D eigenvalue weighted by molar-refractivity contribution is 7.19. The van der Waals surface area contributed by atoms with E-state index in [4.69, 9.17) is 5.11 Å². The van der Waals surface area contributed by atoms with Crippen LogP contribution in [0.25, 0.3) is 10.2 Å². The molecule has 0 saturated heterocycles. The summed E-state index contributed by atoms with van der Waals surface area (Å²) < 4.78 is 2.16. The number of nitrogens with zero attached hydrogens (tertiary/aromatic N) is 3. The molecule has 1 atom stereocenters. The van der Waals surface area contributed by atoms with Gasteiger partial charge in [0.15, 0.2) is 0 Å². The van der Waals surface area contributed by atoms with Gasteiger partial charge in [-0.3, -0.25) is 4.79 Å². The number of rotatable bonds is 7. The van der Waals surface area contributed by atoms with Crippen LogP contribution in [-0.2, 0) is 11.2 Å². The van der Waals surface area contributed by atoms with E-state index in [9.17, 15) is 4.79 Å². The zero-order chi connectivity index (χ0) is 21.1. The van der Waals surface area contributed by atoms with E-state index in [2.05, 4.69) is 45.5 Å². The van der Waals surface area contributed by atoms with Gasteiger partial charge in [0.2, 0.25) is 5.91 Å². The molecule has 0 spiro atoms. The van der Waals surface area contributed by atoms with Crippen molar-refractivity contribution >= 4 is 39.5 Å². The van der Waals surface area contributed by atoms with Gasteiger partial charge in [-0.05, 0) is 50.5 Å². The fourth-order valence-corrected chi connectivity index (χ4v) is 6.00. The summed E-state index contributed by atoms with van der Waals surface area (Å²) in [4.78, 5) is 24.1. The van der Waals surface area contributed by atoms with Gasteiger partial charge in [-0.15, -0.1) is 11.3 Å². The van der Waals surface area contributed by atoms with Gasteiger partial charge < -0.3 is 15.7 Å². The molecule has 2 heterocycles. The van der Waals surface area contributed by atoms with Gasteiger partial charge in [-0.2, -0.15) is 0 Å². The van der Waals surface area contributed by atoms with Gasteiger partial charge in [-0.25, -0.2) is 14.5 Å². The van der Waals surface area contributed by atoms with Crippen LogP contribution >= 0.6 is 11.3 Å². The molecule has 0 aromatic carbocycles. The Labute approximate surface area is 181 Å². The van der Waals surface area contributed by atoms with Crippen LogP contribution in [0.3, 0.4) is 0 Å². The van der Waals surface area contributed by atoms with E-state index < -0.39 is 0 Å². The quantitative estimate of drug-likeness (QED) is 0.357. The van der Waals surface area contributed by atoms with Crippen LogP contribution in [0.4, 0.5) is 5.82 Å². The minimum absolute atomic E-state index is 0.0523. The maximum absolute atomic E-state index is 12.8. The molecule has 7 nitrogen and oxygen atoms in total. The Morgan fingerprint density at radius 1 is 1.27 bits per heavy atom. The fourth-order valence-electron chi connectivity index (χ4n) is 4.79. The Kier molecular flexibility index (Phi) is 6.63. The molecule has 1 fully saturated rings. The molecule has 0 bridgehead atoms. The van der Waals surface area contributed by atoms with E-state index in [0.29, 0.717) is 24.9 Å². The lowest BCUT2D eigenvalue weighted by Gasteiger charge is -2.27. The molecular weight excluding hydrogens is 398 g/mol. The van der Waals surface area contributed by atoms with Gasteiger partial charge in [-0.1, -0.05) is 0 Å². The highest BCUT2D eigenvalue weighted by atomic mass is 32.1. The predicted molar refractivity (Wildman–Crippen MR) is 121 cm³/mol. The van der Waals surface area contributed by atoms with Crippen LogP contribution < -0.4 is 10.6 Å². The first kappa shape index (κ1) is 21.2. The molecule has 162 valence electrons. The molecule has 4 rings (SSSR count). The Balaban J connectivity index is 1.53. The average Bonchev–Trinajstić information content (AvgIpc) is 3.28. The number of thiophene rings is 1. The molecule has 1 saturated carbocycles. The fraction of sp³-hybridized carbons (Fsp3) is 0.636. The summed E-state index contributed by atoms with van der Waals surface area (Å²) >= 11 is 1.70. The van der Waals surface area contributed by atoms with Crippen molar-refractivity contribution in [3.63, 3.8) is 0 Å². The number of amides is 1. The maximum Gasteiger partial charge on any atom is 0.227 e. The summed E-state index contributed by atoms with van der Waals surface area (Å²) in [6.07, 6.45) is 10.9. The minimum atomic E-state index is -0.149. The van der Waals surface area contributed by atoms with Crippen LogP contribution in [-0.4, -0.2) is 65.1 Å². The molecule has 30 heavy (non-hydrogen) atoms. The largest absolute Gasteiger partial charge is 0.396 e. The number of hydrogen-bond donors (Lipinski definition) is 3. The van der Waals surface area contributed by atoms with Crippen molar-refractivity contribution in [1.29, 1.82) is 0 Å². The van der Waals surface area contributed by atoms with E-state index in [1.165, 1.54) is 17.7 Å². The number of aliphatic hydroxyl groups is 1. The molecule has 2 aliphatic rings. The van der Waals surface area contributed by atoms with Crippen molar-refractivity contribution in [2.24, 2.45) is 5.92 Å². The SMILES string of the molecule is C[N+](C)=CC1CCC(Nc2ncnc3sc4c(c23)C(C(=O)NCCCO)CC4)CC1. The zero-order valence-corrected chi connectivity index (χ0v) is 18.7. The van der Waals surface area contributed by atoms with Crippen molar-refractivity contribution in [2.45, 2.75) is 56.9 Å². The number of aliphatic hydroxyl groups excluding tert-OH is 1. The molecule has 1 unspecified atom stereocenters. The molecule has 0 radical (unpaired) electrons. The first-order valence-electron chi connectivity index (χ1n) is 11.0. The molecule has 1 amide bonds. The molecule has 2 aromatic rings. The summed E-state index contributed by atoms with van der Waals surface area (Å²) in [7, 11) is 4.19. The van der Waals surface area contributed by atoms with Crippen LogP contribution in [0.15, 0.2) is 6.33 Å². The summed E-state index contributed by atoms with van der Waals surface area (Å²) in [5.41, 5.74) is 1.12. The number of hydrogen-bond acceptors (Lipinski definition) is 6. The number of fused-ring (bicyclic) bond motifs is 3. The van der Waals surface area contributed by atoms with Crippen molar-refractivity contribution < 1.29 is 14.5 Å². The number of nitrogens with one attached hydrogen (secondary N) is 2. The van der Waals surface area contributed by atoms with Crippen molar-refractivity contribution in [3.8, 4) is 0 Å². The molecule has 3 N–H and O–H groups in total. The summed E-state index contributed by atoms with van der Waals surface area (Å²) in [5.74, 6) is 1.44. The summed E-state index contributed by atoms with van der Waals surface area (Å²) in [5, 5.41) is 16.7. The Hall–Kier alpha value is -2.06. The van der Waals surface area contributed by atoms with E-state index >= 15 is 0 Å². The van der Waals surface area contributed by atoms with Crippen molar-refractivity contribution in [1.82, 2.24) is 15.3 Å². The first-order valence-corrected chi connectivity index (χ1v) is 11.8. The molecular formula is C22H32N5O2S+. The van der Waals surface area contributed by atoms with Crippen molar-refractivity contribution in [3.05, 3.63) is 16.8 Å². The topological polar surface area (TPSA) is 90.2 Å². The summed E-state index contributed by atoms with van der Waals surface area (Å²) in [6, 6.07) is 0.406. The molecule has 8 heteroatoms. The van der Waals surface area contributed by atoms with E-state index in [1.54, 1.807) is 17.7 Å². The highest BCUT2D eigenvalue weighted by Crippen LogP contribution is 2.45. The van der Waals surface area contributed by atoms with Gasteiger partial charge in [0.25, 0.3) is 0 Å². The maximum atomic E-state index is 12.8. The Bertz CT molecular complexity index is 929. The molecule has 2 aliphatic carbocycles. The third kappa shape index (κ3) is 4.49. The van der Waals surface area contributed by atoms with E-state index in [1.807, 2.05) is 0 Å². The predicted octanol–water partition coefficient (Wildman–Crippen LogP) is 2.53. The second kappa shape index (κ2) is 9.39. The normalized spacial score (nSPS) is 23.2. The third-order valence-electron chi connectivity index (χ3n) is 6.18. The minimum Gasteiger partial charge on any atom is -0.396 e. The monoisotopic (exact) mass is 430 g/mol. The van der Waals surface area contributed by atoms with Crippen LogP contribution in [0, 0.1) is 5.92 Å². The van der Waals surface area contributed by atoms with E-state index in [-0.39, 0.29) is 18.4 Å². The lowest BCUT2D eigenvalue weighted by Crippen LogP contribution is -2.30. The average molecular weight is 431 g/mol. The second-order valence-corrected chi connectivity index (χ2v) is 9.75. The van der Waals surface area contributed by atoms with Crippen LogP contribution in [0.5, 0.6) is 0 Å². The van der Waals surface area contributed by atoms with Gasteiger partial charge in [0.05, 0.1) is 11.3 Å². The highest BCUT2D eigenvalue weighted by Gasteiger charge is 2.34.